The third-order valence-corrected chi connectivity index (χ3v) is 4.54. The molecule has 0 aliphatic carbocycles. The van der Waals surface area contributed by atoms with Crippen LogP contribution in [0.4, 0.5) is 0 Å². The molecule has 1 amide bonds. The predicted molar refractivity (Wildman–Crippen MR) is 88.2 cm³/mol. The molecule has 1 heterocycles. The van der Waals surface area contributed by atoms with Crippen LogP contribution >= 0.6 is 0 Å². The van der Waals surface area contributed by atoms with Crippen LogP contribution in [0.3, 0.4) is 0 Å². The van der Waals surface area contributed by atoms with Gasteiger partial charge in [0.15, 0.2) is 0 Å². The van der Waals surface area contributed by atoms with Crippen molar-refractivity contribution in [3.63, 3.8) is 0 Å². The quantitative estimate of drug-likeness (QED) is 0.773. The monoisotopic (exact) mass is 321 g/mol. The lowest BCUT2D eigenvalue weighted by Crippen LogP contribution is -2.53. The van der Waals surface area contributed by atoms with Crippen LogP contribution in [0.15, 0.2) is 30.3 Å². The summed E-state index contributed by atoms with van der Waals surface area (Å²) < 4.78 is 10.2. The highest BCUT2D eigenvalue weighted by molar-refractivity contribution is 5.77. The van der Waals surface area contributed by atoms with Crippen LogP contribution in [0.2, 0.25) is 0 Å². The van der Waals surface area contributed by atoms with Crippen LogP contribution in [-0.2, 0) is 20.7 Å². The zero-order chi connectivity index (χ0) is 16.7. The second kappa shape index (κ2) is 8.43. The normalized spacial score (nSPS) is 24.7. The van der Waals surface area contributed by atoms with Gasteiger partial charge < -0.3 is 19.5 Å². The first-order valence-electron chi connectivity index (χ1n) is 8.13. The Hall–Kier alpha value is -1.43. The smallest absolute Gasteiger partial charge is 0.248 e. The number of nitrogens with zero attached hydrogens (tertiary/aromatic N) is 1. The molecule has 0 aromatic heterocycles. The number of hydrogen-bond acceptors (Lipinski definition) is 4. The molecule has 1 aliphatic heterocycles. The molecular weight excluding hydrogens is 294 g/mol. The molecule has 5 heteroatoms. The molecular formula is C18H27NO4. The van der Waals surface area contributed by atoms with Crippen LogP contribution in [-0.4, -0.2) is 61.5 Å². The van der Waals surface area contributed by atoms with E-state index < -0.39 is 5.60 Å². The Bertz CT molecular complexity index is 489. The zero-order valence-corrected chi connectivity index (χ0v) is 14.0. The van der Waals surface area contributed by atoms with Gasteiger partial charge in [0.05, 0.1) is 18.8 Å². The summed E-state index contributed by atoms with van der Waals surface area (Å²) in [5.74, 6) is 0.0104. The van der Waals surface area contributed by atoms with Crippen LogP contribution < -0.4 is 0 Å². The van der Waals surface area contributed by atoms with Gasteiger partial charge in [-0.15, -0.1) is 0 Å². The van der Waals surface area contributed by atoms with Gasteiger partial charge in [-0.3, -0.25) is 4.79 Å². The van der Waals surface area contributed by atoms with E-state index in [-0.39, 0.29) is 18.4 Å². The number of aliphatic hydroxyl groups is 1. The number of carbonyl (C=O) groups excluding carboxylic acids is 1. The SMILES string of the molecule is COCCOCC(=O)N1CC[C@](C)(O)[C@H](Cc2ccccc2)C1. The highest BCUT2D eigenvalue weighted by Crippen LogP contribution is 2.30. The number of piperidine rings is 1. The number of benzene rings is 1. The fraction of sp³-hybridized carbons (Fsp3) is 0.611. The molecule has 1 fully saturated rings. The van der Waals surface area contributed by atoms with E-state index in [1.54, 1.807) is 12.0 Å². The molecule has 2 atom stereocenters. The summed E-state index contributed by atoms with van der Waals surface area (Å²) in [6.45, 7) is 3.99. The van der Waals surface area contributed by atoms with Gasteiger partial charge in [-0.2, -0.15) is 0 Å². The molecule has 1 aromatic rings. The lowest BCUT2D eigenvalue weighted by molar-refractivity contribution is -0.144. The Balaban J connectivity index is 1.91. The summed E-state index contributed by atoms with van der Waals surface area (Å²) in [7, 11) is 1.60. The van der Waals surface area contributed by atoms with Gasteiger partial charge in [0, 0.05) is 26.1 Å². The van der Waals surface area contributed by atoms with Gasteiger partial charge in [0.1, 0.15) is 6.61 Å². The van der Waals surface area contributed by atoms with Crippen LogP contribution in [0.5, 0.6) is 0 Å². The van der Waals surface area contributed by atoms with Crippen molar-refractivity contribution in [2.45, 2.75) is 25.4 Å². The number of likely N-dealkylation sites (tertiary alicyclic amines) is 1. The topological polar surface area (TPSA) is 59.0 Å². The summed E-state index contributed by atoms with van der Waals surface area (Å²) >= 11 is 0. The van der Waals surface area contributed by atoms with E-state index in [9.17, 15) is 9.90 Å². The zero-order valence-electron chi connectivity index (χ0n) is 14.0. The maximum atomic E-state index is 12.2. The lowest BCUT2D eigenvalue weighted by Gasteiger charge is -2.43. The van der Waals surface area contributed by atoms with Gasteiger partial charge in [-0.05, 0) is 25.3 Å². The highest BCUT2D eigenvalue weighted by atomic mass is 16.5. The number of carbonyl (C=O) groups is 1. The van der Waals surface area contributed by atoms with E-state index in [0.717, 1.165) is 6.42 Å². The van der Waals surface area contributed by atoms with Crippen molar-refractivity contribution in [3.8, 4) is 0 Å². The lowest BCUT2D eigenvalue weighted by atomic mass is 9.79. The standard InChI is InChI=1S/C18H27NO4/c1-18(21)8-9-19(17(20)14-23-11-10-22-2)13-16(18)12-15-6-4-3-5-7-15/h3-7,16,21H,8-14H2,1-2H3/t16-,18+/m1/s1. The van der Waals surface area contributed by atoms with E-state index in [4.69, 9.17) is 9.47 Å². The van der Waals surface area contributed by atoms with Crippen molar-refractivity contribution in [1.82, 2.24) is 4.90 Å². The predicted octanol–water partition coefficient (Wildman–Crippen LogP) is 1.49. The Morgan fingerprint density at radius 1 is 1.35 bits per heavy atom. The van der Waals surface area contributed by atoms with E-state index in [0.29, 0.717) is 32.7 Å². The molecule has 0 saturated carbocycles. The van der Waals surface area contributed by atoms with E-state index in [1.165, 1.54) is 5.56 Å². The van der Waals surface area contributed by atoms with Crippen LogP contribution in [0, 0.1) is 5.92 Å². The molecule has 0 bridgehead atoms. The maximum absolute atomic E-state index is 12.2. The largest absolute Gasteiger partial charge is 0.390 e. The van der Waals surface area contributed by atoms with Crippen molar-refractivity contribution in [2.24, 2.45) is 5.92 Å². The molecule has 128 valence electrons. The Morgan fingerprint density at radius 3 is 2.78 bits per heavy atom. The second-order valence-electron chi connectivity index (χ2n) is 6.38. The molecule has 0 radical (unpaired) electrons. The average molecular weight is 321 g/mol. The van der Waals surface area contributed by atoms with Gasteiger partial charge in [-0.25, -0.2) is 0 Å². The van der Waals surface area contributed by atoms with Gasteiger partial charge in [-0.1, -0.05) is 30.3 Å². The van der Waals surface area contributed by atoms with Crippen molar-refractivity contribution < 1.29 is 19.4 Å². The Morgan fingerprint density at radius 2 is 2.09 bits per heavy atom. The number of ether oxygens (including phenoxy) is 2. The van der Waals surface area contributed by atoms with Crippen molar-refractivity contribution in [1.29, 1.82) is 0 Å². The minimum Gasteiger partial charge on any atom is -0.390 e. The summed E-state index contributed by atoms with van der Waals surface area (Å²) in [5, 5.41) is 10.7. The van der Waals surface area contributed by atoms with Gasteiger partial charge in [0.2, 0.25) is 5.91 Å². The van der Waals surface area contributed by atoms with Gasteiger partial charge in [0.25, 0.3) is 0 Å². The number of methoxy groups -OCH3 is 1. The molecule has 1 aromatic carbocycles. The Kier molecular flexibility index (Phi) is 6.57. The number of rotatable bonds is 7. The molecule has 1 aliphatic rings. The minimum atomic E-state index is -0.746. The van der Waals surface area contributed by atoms with Gasteiger partial charge >= 0.3 is 0 Å². The Labute approximate surface area is 138 Å². The first-order chi connectivity index (χ1) is 11.0. The fourth-order valence-corrected chi connectivity index (χ4v) is 2.92. The van der Waals surface area contributed by atoms with Crippen molar-refractivity contribution in [3.05, 3.63) is 35.9 Å². The molecule has 0 unspecified atom stereocenters. The first-order valence-corrected chi connectivity index (χ1v) is 8.13. The molecule has 0 spiro atoms. The fourth-order valence-electron chi connectivity index (χ4n) is 2.92. The first kappa shape index (κ1) is 17.9. The molecule has 5 nitrogen and oxygen atoms in total. The maximum Gasteiger partial charge on any atom is 0.248 e. The second-order valence-corrected chi connectivity index (χ2v) is 6.38. The highest BCUT2D eigenvalue weighted by Gasteiger charge is 2.38. The molecule has 23 heavy (non-hydrogen) atoms. The molecule has 1 N–H and O–H groups in total. The molecule has 2 rings (SSSR count). The summed E-state index contributed by atoms with van der Waals surface area (Å²) in [6, 6.07) is 10.1. The average Bonchev–Trinajstić information content (AvgIpc) is 2.54. The van der Waals surface area contributed by atoms with E-state index in [1.807, 2.05) is 25.1 Å². The minimum absolute atomic E-state index is 0.0188. The van der Waals surface area contributed by atoms with Crippen molar-refractivity contribution >= 4 is 5.91 Å². The number of amides is 1. The van der Waals surface area contributed by atoms with Crippen LogP contribution in [0.25, 0.3) is 0 Å². The number of hydrogen-bond donors (Lipinski definition) is 1. The van der Waals surface area contributed by atoms with Crippen molar-refractivity contribution in [2.75, 3.05) is 40.0 Å². The molecule has 1 saturated heterocycles. The third kappa shape index (κ3) is 5.30. The third-order valence-electron chi connectivity index (χ3n) is 4.54. The van der Waals surface area contributed by atoms with E-state index in [2.05, 4.69) is 12.1 Å². The summed E-state index contributed by atoms with van der Waals surface area (Å²) in [4.78, 5) is 14.1. The van der Waals surface area contributed by atoms with Crippen LogP contribution in [0.1, 0.15) is 18.9 Å². The summed E-state index contributed by atoms with van der Waals surface area (Å²) in [6.07, 6.45) is 1.36. The van der Waals surface area contributed by atoms with E-state index >= 15 is 0 Å². The summed E-state index contributed by atoms with van der Waals surface area (Å²) in [5.41, 5.74) is 0.437.